The van der Waals surface area contributed by atoms with Gasteiger partial charge in [0.05, 0.1) is 24.2 Å². The van der Waals surface area contributed by atoms with E-state index in [2.05, 4.69) is 0 Å². The fraction of sp³-hybridized carbons (Fsp3) is 0.379. The Morgan fingerprint density at radius 3 is 2.29 bits per heavy atom. The van der Waals surface area contributed by atoms with E-state index in [-0.39, 0.29) is 12.0 Å². The summed E-state index contributed by atoms with van der Waals surface area (Å²) < 4.78 is 11.1. The molecule has 0 bridgehead atoms. The van der Waals surface area contributed by atoms with Crippen LogP contribution in [0.25, 0.3) is 6.08 Å². The molecule has 1 aliphatic heterocycles. The number of ether oxygens (including phenoxy) is 2. The average Bonchev–Trinajstić information content (AvgIpc) is 3.17. The number of amides is 2. The molecule has 2 aromatic rings. The Kier molecular flexibility index (Phi) is 9.01. The molecule has 0 aliphatic carbocycles. The Morgan fingerprint density at radius 1 is 1.09 bits per heavy atom. The van der Waals surface area contributed by atoms with Gasteiger partial charge >= 0.3 is 6.09 Å². The third-order valence-corrected chi connectivity index (χ3v) is 6.56. The highest BCUT2D eigenvalue weighted by molar-refractivity contribution is 5.95. The Bertz CT molecular complexity index is 1050. The number of aliphatic hydroxyl groups excluding tert-OH is 1. The van der Waals surface area contributed by atoms with Crippen molar-refractivity contribution in [3.05, 3.63) is 89.5 Å². The molecule has 0 aromatic heterocycles. The molecule has 1 aliphatic rings. The van der Waals surface area contributed by atoms with Crippen LogP contribution in [0.15, 0.2) is 78.4 Å². The summed E-state index contributed by atoms with van der Waals surface area (Å²) in [4.78, 5) is 26.9. The lowest BCUT2D eigenvalue weighted by molar-refractivity contribution is -0.135. The van der Waals surface area contributed by atoms with Crippen LogP contribution < -0.4 is 0 Å². The summed E-state index contributed by atoms with van der Waals surface area (Å²) in [5.41, 5.74) is 2.55. The van der Waals surface area contributed by atoms with Gasteiger partial charge < -0.3 is 14.6 Å². The zero-order valence-corrected chi connectivity index (χ0v) is 21.0. The summed E-state index contributed by atoms with van der Waals surface area (Å²) >= 11 is 0. The van der Waals surface area contributed by atoms with Crippen molar-refractivity contribution in [1.82, 2.24) is 4.90 Å². The molecule has 35 heavy (non-hydrogen) atoms. The van der Waals surface area contributed by atoms with Crippen molar-refractivity contribution in [3.63, 3.8) is 0 Å². The number of methoxy groups -OCH3 is 1. The Labute approximate surface area is 207 Å². The predicted octanol–water partition coefficient (Wildman–Crippen LogP) is 5.40. The topological polar surface area (TPSA) is 76.1 Å². The highest BCUT2D eigenvalue weighted by atomic mass is 16.6. The lowest BCUT2D eigenvalue weighted by Gasteiger charge is -2.26. The first-order chi connectivity index (χ1) is 16.7. The lowest BCUT2D eigenvalue weighted by atomic mass is 9.92. The molecule has 1 heterocycles. The van der Waals surface area contributed by atoms with Crippen LogP contribution >= 0.6 is 0 Å². The number of carbonyl (C=O) groups is 2. The number of hydrogen-bond acceptors (Lipinski definition) is 5. The summed E-state index contributed by atoms with van der Waals surface area (Å²) in [6, 6.07) is 18.8. The van der Waals surface area contributed by atoms with Gasteiger partial charge in [-0.25, -0.2) is 9.69 Å². The fourth-order valence-corrected chi connectivity index (χ4v) is 4.44. The quantitative estimate of drug-likeness (QED) is 0.489. The van der Waals surface area contributed by atoms with Gasteiger partial charge in [-0.15, -0.1) is 0 Å². The van der Waals surface area contributed by atoms with Gasteiger partial charge in [0, 0.05) is 13.0 Å². The molecule has 0 spiro atoms. The van der Waals surface area contributed by atoms with Crippen molar-refractivity contribution in [2.75, 3.05) is 7.11 Å². The molecule has 1 fully saturated rings. The number of aliphatic hydroxyl groups is 1. The zero-order chi connectivity index (χ0) is 25.5. The van der Waals surface area contributed by atoms with Gasteiger partial charge in [-0.2, -0.15) is 0 Å². The van der Waals surface area contributed by atoms with Crippen LogP contribution in [-0.2, 0) is 14.3 Å². The molecule has 0 radical (unpaired) electrons. The van der Waals surface area contributed by atoms with Crippen molar-refractivity contribution in [2.45, 2.75) is 52.0 Å². The fourth-order valence-electron chi connectivity index (χ4n) is 4.44. The number of rotatable bonds is 9. The predicted molar refractivity (Wildman–Crippen MR) is 136 cm³/mol. The maximum atomic E-state index is 13.2. The number of carbonyl (C=O) groups excluding carboxylic acids is 2. The van der Waals surface area contributed by atoms with Gasteiger partial charge in [-0.05, 0) is 30.5 Å². The number of imide groups is 1. The molecule has 0 saturated carbocycles. The maximum absolute atomic E-state index is 13.2. The number of nitrogens with zero attached hydrogens (tertiary/aromatic N) is 1. The maximum Gasteiger partial charge on any atom is 0.417 e. The van der Waals surface area contributed by atoms with Gasteiger partial charge in [0.1, 0.15) is 6.10 Å². The van der Waals surface area contributed by atoms with Crippen LogP contribution in [0.5, 0.6) is 0 Å². The zero-order valence-electron chi connectivity index (χ0n) is 21.0. The summed E-state index contributed by atoms with van der Waals surface area (Å²) in [7, 11) is 1.64. The number of benzene rings is 2. The molecule has 1 saturated heterocycles. The number of hydrogen-bond donors (Lipinski definition) is 1. The van der Waals surface area contributed by atoms with E-state index in [0.29, 0.717) is 5.57 Å². The van der Waals surface area contributed by atoms with Crippen LogP contribution in [0.4, 0.5) is 4.79 Å². The van der Waals surface area contributed by atoms with E-state index in [1.54, 1.807) is 27.9 Å². The van der Waals surface area contributed by atoms with Crippen LogP contribution in [-0.4, -0.2) is 47.4 Å². The van der Waals surface area contributed by atoms with Gasteiger partial charge in [-0.1, -0.05) is 92.7 Å². The first kappa shape index (κ1) is 26.4. The van der Waals surface area contributed by atoms with E-state index < -0.39 is 36.2 Å². The molecule has 2 aromatic carbocycles. The van der Waals surface area contributed by atoms with Crippen molar-refractivity contribution in [1.29, 1.82) is 0 Å². The third-order valence-electron chi connectivity index (χ3n) is 6.56. The standard InChI is InChI=1S/C29H35NO5/c1-19(25(34-5)17-16-23-12-8-6-9-13-23)18-20(2)26(31)21(3)28(32)30-22(4)27(35-29(30)33)24-14-10-7-11-15-24/h6-19,21-22,25-27,31H,1-5H3/b17-16+,20-18+/t19-,21+,22+,25-,26-,27+/m0/s1. The first-order valence-corrected chi connectivity index (χ1v) is 12.0. The second-order valence-electron chi connectivity index (χ2n) is 9.14. The summed E-state index contributed by atoms with van der Waals surface area (Å²) in [6.07, 6.45) is 3.43. The Morgan fingerprint density at radius 2 is 1.69 bits per heavy atom. The monoisotopic (exact) mass is 477 g/mol. The minimum absolute atomic E-state index is 0.0462. The second-order valence-corrected chi connectivity index (χ2v) is 9.14. The van der Waals surface area contributed by atoms with Gasteiger partial charge in [0.15, 0.2) is 0 Å². The Balaban J connectivity index is 1.68. The minimum atomic E-state index is -1.05. The minimum Gasteiger partial charge on any atom is -0.439 e. The van der Waals surface area contributed by atoms with Crippen molar-refractivity contribution in [2.24, 2.45) is 11.8 Å². The molecule has 6 heteroatoms. The normalized spacial score (nSPS) is 22.1. The van der Waals surface area contributed by atoms with E-state index in [1.807, 2.05) is 85.8 Å². The summed E-state index contributed by atoms with van der Waals surface area (Å²) in [5.74, 6) is -1.32. The first-order valence-electron chi connectivity index (χ1n) is 12.0. The molecule has 0 unspecified atom stereocenters. The van der Waals surface area contributed by atoms with E-state index in [1.165, 1.54) is 0 Å². The van der Waals surface area contributed by atoms with E-state index in [9.17, 15) is 14.7 Å². The van der Waals surface area contributed by atoms with Crippen LogP contribution in [0, 0.1) is 11.8 Å². The molecule has 3 rings (SSSR count). The molecule has 186 valence electrons. The smallest absolute Gasteiger partial charge is 0.417 e. The van der Waals surface area contributed by atoms with Crippen LogP contribution in [0.2, 0.25) is 0 Å². The summed E-state index contributed by atoms with van der Waals surface area (Å²) in [5, 5.41) is 11.0. The van der Waals surface area contributed by atoms with Crippen LogP contribution in [0.3, 0.4) is 0 Å². The highest BCUT2D eigenvalue weighted by Crippen LogP contribution is 2.34. The third kappa shape index (κ3) is 6.27. The molecule has 6 nitrogen and oxygen atoms in total. The molecular formula is C29H35NO5. The van der Waals surface area contributed by atoms with Gasteiger partial charge in [-0.3, -0.25) is 4.79 Å². The van der Waals surface area contributed by atoms with Crippen molar-refractivity contribution >= 4 is 18.1 Å². The van der Waals surface area contributed by atoms with E-state index in [0.717, 1.165) is 16.0 Å². The molecular weight excluding hydrogens is 442 g/mol. The van der Waals surface area contributed by atoms with Crippen LogP contribution in [0.1, 0.15) is 44.9 Å². The van der Waals surface area contributed by atoms with Gasteiger partial charge in [0.25, 0.3) is 0 Å². The second kappa shape index (κ2) is 12.0. The van der Waals surface area contributed by atoms with Crippen molar-refractivity contribution < 1.29 is 24.2 Å². The summed E-state index contributed by atoms with van der Waals surface area (Å²) in [6.45, 7) is 7.20. The largest absolute Gasteiger partial charge is 0.439 e. The van der Waals surface area contributed by atoms with E-state index in [4.69, 9.17) is 9.47 Å². The SMILES string of the molecule is CO[C@@H](/C=C/c1ccccc1)[C@@H](C)/C=C(\C)[C@H](O)[C@@H](C)C(=O)N1C(=O)O[C@@H](c2ccccc2)[C@H]1C. The Hall–Kier alpha value is -3.22. The van der Waals surface area contributed by atoms with Crippen molar-refractivity contribution in [3.8, 4) is 0 Å². The molecule has 6 atom stereocenters. The lowest BCUT2D eigenvalue weighted by Crippen LogP contribution is -2.44. The average molecular weight is 478 g/mol. The number of cyclic esters (lactones) is 1. The molecule has 2 amide bonds. The molecule has 1 N–H and O–H groups in total. The highest BCUT2D eigenvalue weighted by Gasteiger charge is 2.45. The van der Waals surface area contributed by atoms with E-state index >= 15 is 0 Å². The van der Waals surface area contributed by atoms with Gasteiger partial charge in [0.2, 0.25) is 5.91 Å².